The number of hydrogen-bond acceptors (Lipinski definition) is 3. The second-order valence-electron chi connectivity index (χ2n) is 6.79. The molecule has 1 aromatic heterocycles. The molecule has 0 aliphatic carbocycles. The maximum Gasteiger partial charge on any atom is 0.244 e. The highest BCUT2D eigenvalue weighted by Crippen LogP contribution is 2.31. The third-order valence-corrected chi connectivity index (χ3v) is 6.63. The molecule has 152 valence electrons. The average molecular weight is 442 g/mol. The SMILES string of the molecule is C=Cc1ccn(CC(NS(=O)(=O)c2c(N)cc(Cl)cc2Cl)C(C)C)c1C=CC. The smallest absolute Gasteiger partial charge is 0.244 e. The zero-order valence-electron chi connectivity index (χ0n) is 16.1. The zero-order chi connectivity index (χ0) is 21.1. The number of hydrogen-bond donors (Lipinski definition) is 2. The molecule has 0 saturated carbocycles. The molecule has 0 radical (unpaired) electrons. The van der Waals surface area contributed by atoms with Gasteiger partial charge in [0, 0.05) is 29.5 Å². The van der Waals surface area contributed by atoms with Gasteiger partial charge in [0.15, 0.2) is 0 Å². The molecule has 1 unspecified atom stereocenters. The topological polar surface area (TPSA) is 77.1 Å². The van der Waals surface area contributed by atoms with E-state index in [9.17, 15) is 8.42 Å². The second kappa shape index (κ2) is 9.18. The van der Waals surface area contributed by atoms with E-state index in [4.69, 9.17) is 28.9 Å². The van der Waals surface area contributed by atoms with Crippen LogP contribution >= 0.6 is 23.2 Å². The van der Waals surface area contributed by atoms with Crippen LogP contribution in [0.1, 0.15) is 32.0 Å². The molecule has 8 heteroatoms. The van der Waals surface area contributed by atoms with Gasteiger partial charge >= 0.3 is 0 Å². The van der Waals surface area contributed by atoms with E-state index in [-0.39, 0.29) is 32.6 Å². The number of aromatic nitrogens is 1. The normalized spacial score (nSPS) is 13.4. The van der Waals surface area contributed by atoms with Gasteiger partial charge < -0.3 is 10.3 Å². The molecule has 0 aliphatic rings. The number of nitrogen functional groups attached to an aromatic ring is 1. The van der Waals surface area contributed by atoms with Crippen LogP contribution in [0.15, 0.2) is 41.9 Å². The first-order chi connectivity index (χ1) is 13.1. The number of nitrogens with two attached hydrogens (primary N) is 1. The van der Waals surface area contributed by atoms with E-state index in [1.807, 2.05) is 49.8 Å². The summed E-state index contributed by atoms with van der Waals surface area (Å²) in [6, 6.07) is 4.30. The predicted octanol–water partition coefficient (Wildman–Crippen LogP) is 5.06. The molecule has 0 bridgehead atoms. The van der Waals surface area contributed by atoms with Crippen molar-refractivity contribution >= 4 is 51.1 Å². The fourth-order valence-corrected chi connectivity index (χ4v) is 5.26. The summed E-state index contributed by atoms with van der Waals surface area (Å²) in [5, 5.41) is 0.270. The van der Waals surface area contributed by atoms with Gasteiger partial charge in [-0.2, -0.15) is 0 Å². The van der Waals surface area contributed by atoms with Gasteiger partial charge in [0.25, 0.3) is 0 Å². The van der Waals surface area contributed by atoms with E-state index in [1.165, 1.54) is 12.1 Å². The van der Waals surface area contributed by atoms with Crippen LogP contribution < -0.4 is 10.5 Å². The van der Waals surface area contributed by atoms with Crippen molar-refractivity contribution in [3.05, 3.63) is 58.4 Å². The first kappa shape index (κ1) is 22.6. The molecular formula is C20H25Cl2N3O2S. The van der Waals surface area contributed by atoms with Crippen LogP contribution in [-0.2, 0) is 16.6 Å². The Morgan fingerprint density at radius 3 is 2.54 bits per heavy atom. The van der Waals surface area contributed by atoms with Crippen LogP contribution in [0, 0.1) is 5.92 Å². The fourth-order valence-electron chi connectivity index (χ4n) is 2.90. The first-order valence-electron chi connectivity index (χ1n) is 8.81. The van der Waals surface area contributed by atoms with E-state index in [0.29, 0.717) is 6.54 Å². The summed E-state index contributed by atoms with van der Waals surface area (Å²) < 4.78 is 30.8. The monoisotopic (exact) mass is 441 g/mol. The van der Waals surface area contributed by atoms with Gasteiger partial charge in [-0.3, -0.25) is 0 Å². The van der Waals surface area contributed by atoms with Crippen molar-refractivity contribution in [2.45, 2.75) is 38.3 Å². The van der Waals surface area contributed by atoms with Gasteiger partial charge in [-0.1, -0.05) is 55.8 Å². The summed E-state index contributed by atoms with van der Waals surface area (Å²) in [4.78, 5) is -0.155. The fraction of sp³-hybridized carbons (Fsp3) is 0.300. The van der Waals surface area contributed by atoms with Crippen LogP contribution in [-0.4, -0.2) is 19.0 Å². The van der Waals surface area contributed by atoms with Crippen molar-refractivity contribution in [3.8, 4) is 0 Å². The highest BCUT2D eigenvalue weighted by molar-refractivity contribution is 7.89. The summed E-state index contributed by atoms with van der Waals surface area (Å²) in [7, 11) is -3.94. The van der Waals surface area contributed by atoms with Gasteiger partial charge in [0.2, 0.25) is 10.0 Å². The molecule has 5 nitrogen and oxygen atoms in total. The van der Waals surface area contributed by atoms with Crippen molar-refractivity contribution in [2.75, 3.05) is 5.73 Å². The third-order valence-electron chi connectivity index (χ3n) is 4.39. The summed E-state index contributed by atoms with van der Waals surface area (Å²) in [5.74, 6) is 0.0233. The maximum absolute atomic E-state index is 13.0. The quantitative estimate of drug-likeness (QED) is 0.562. The Kier molecular flexibility index (Phi) is 7.39. The average Bonchev–Trinajstić information content (AvgIpc) is 2.95. The Hall–Kier alpha value is -1.73. The Morgan fingerprint density at radius 2 is 2.00 bits per heavy atom. The lowest BCUT2D eigenvalue weighted by atomic mass is 10.1. The molecule has 0 amide bonds. The maximum atomic E-state index is 13.0. The predicted molar refractivity (Wildman–Crippen MR) is 119 cm³/mol. The third kappa shape index (κ3) is 5.00. The molecule has 0 fully saturated rings. The molecule has 28 heavy (non-hydrogen) atoms. The second-order valence-corrected chi connectivity index (χ2v) is 9.29. The van der Waals surface area contributed by atoms with Crippen LogP contribution in [0.5, 0.6) is 0 Å². The minimum absolute atomic E-state index is 0.00970. The van der Waals surface area contributed by atoms with Crippen LogP contribution in [0.3, 0.4) is 0 Å². The molecule has 0 spiro atoms. The van der Waals surface area contributed by atoms with E-state index in [0.717, 1.165) is 11.3 Å². The molecule has 3 N–H and O–H groups in total. The molecule has 2 aromatic rings. The summed E-state index contributed by atoms with van der Waals surface area (Å²) in [5.41, 5.74) is 7.84. The van der Waals surface area contributed by atoms with E-state index in [1.54, 1.807) is 6.08 Å². The molecule has 2 rings (SSSR count). The number of sulfonamides is 1. The number of rotatable bonds is 8. The molecular weight excluding hydrogens is 417 g/mol. The molecule has 1 aromatic carbocycles. The highest BCUT2D eigenvalue weighted by atomic mass is 35.5. The standard InChI is InChI=1S/C20H25Cl2N3O2S/c1-5-7-19-14(6-2)8-9-25(19)12-18(13(3)4)24-28(26,27)20-16(22)10-15(21)11-17(20)23/h5-11,13,18,24H,2,12,23H2,1,3-4H3. The van der Waals surface area contributed by atoms with Gasteiger partial charge in [-0.05, 0) is 42.7 Å². The zero-order valence-corrected chi connectivity index (χ0v) is 18.4. The number of benzene rings is 1. The molecule has 0 aliphatic heterocycles. The number of allylic oxidation sites excluding steroid dienone is 1. The Morgan fingerprint density at radius 1 is 1.32 bits per heavy atom. The number of halogens is 2. The van der Waals surface area contributed by atoms with E-state index in [2.05, 4.69) is 11.3 Å². The van der Waals surface area contributed by atoms with Crippen molar-refractivity contribution in [3.63, 3.8) is 0 Å². The van der Waals surface area contributed by atoms with Crippen molar-refractivity contribution < 1.29 is 8.42 Å². The molecule has 1 heterocycles. The minimum atomic E-state index is -3.94. The van der Waals surface area contributed by atoms with Gasteiger partial charge in [-0.15, -0.1) is 0 Å². The van der Waals surface area contributed by atoms with E-state index < -0.39 is 10.0 Å². The Labute approximate surface area is 176 Å². The van der Waals surface area contributed by atoms with Crippen LogP contribution in [0.2, 0.25) is 10.0 Å². The van der Waals surface area contributed by atoms with Gasteiger partial charge in [-0.25, -0.2) is 13.1 Å². The van der Waals surface area contributed by atoms with E-state index >= 15 is 0 Å². The minimum Gasteiger partial charge on any atom is -0.398 e. The van der Waals surface area contributed by atoms with Crippen molar-refractivity contribution in [2.24, 2.45) is 5.92 Å². The van der Waals surface area contributed by atoms with Gasteiger partial charge in [0.05, 0.1) is 10.7 Å². The summed E-state index contributed by atoms with van der Waals surface area (Å²) in [6.07, 6.45) is 7.59. The molecule has 1 atom stereocenters. The highest BCUT2D eigenvalue weighted by Gasteiger charge is 2.27. The lowest BCUT2D eigenvalue weighted by Crippen LogP contribution is -2.41. The number of nitrogens with zero attached hydrogens (tertiary/aromatic N) is 1. The lowest BCUT2D eigenvalue weighted by molar-refractivity contribution is 0.398. The van der Waals surface area contributed by atoms with Gasteiger partial charge in [0.1, 0.15) is 4.90 Å². The first-order valence-corrected chi connectivity index (χ1v) is 11.1. The van der Waals surface area contributed by atoms with Crippen molar-refractivity contribution in [1.29, 1.82) is 0 Å². The van der Waals surface area contributed by atoms with Crippen molar-refractivity contribution in [1.82, 2.24) is 9.29 Å². The Bertz CT molecular complexity index is 972. The largest absolute Gasteiger partial charge is 0.398 e. The number of anilines is 1. The summed E-state index contributed by atoms with van der Waals surface area (Å²) >= 11 is 12.0. The van der Waals surface area contributed by atoms with Crippen LogP contribution in [0.25, 0.3) is 12.2 Å². The Balaban J connectivity index is 2.39. The summed E-state index contributed by atoms with van der Waals surface area (Å²) in [6.45, 7) is 10.1. The number of nitrogens with one attached hydrogen (secondary N) is 1. The van der Waals surface area contributed by atoms with Crippen LogP contribution in [0.4, 0.5) is 5.69 Å². The lowest BCUT2D eigenvalue weighted by Gasteiger charge is -2.24. The molecule has 0 saturated heterocycles.